The first kappa shape index (κ1) is 21.5. The van der Waals surface area contributed by atoms with E-state index >= 15 is 0 Å². The highest BCUT2D eigenvalue weighted by Crippen LogP contribution is 2.22. The van der Waals surface area contributed by atoms with E-state index in [1.54, 1.807) is 26.4 Å². The molecule has 1 atom stereocenters. The summed E-state index contributed by atoms with van der Waals surface area (Å²) in [6, 6.07) is 15.2. The van der Waals surface area contributed by atoms with Gasteiger partial charge in [0.15, 0.2) is 5.96 Å². The maximum absolute atomic E-state index is 10.8. The highest BCUT2D eigenvalue weighted by molar-refractivity contribution is 5.79. The Labute approximate surface area is 176 Å². The average Bonchev–Trinajstić information content (AvgIpc) is 3.42. The number of furan rings is 2. The first-order valence-electron chi connectivity index (χ1n) is 9.93. The van der Waals surface area contributed by atoms with E-state index in [-0.39, 0.29) is 6.54 Å². The lowest BCUT2D eigenvalue weighted by atomic mass is 10.0. The number of nitrogens with zero attached hydrogens (tertiary/aromatic N) is 1. The van der Waals surface area contributed by atoms with Crippen molar-refractivity contribution in [2.75, 3.05) is 20.2 Å². The van der Waals surface area contributed by atoms with E-state index in [1.807, 2.05) is 49.4 Å². The summed E-state index contributed by atoms with van der Waals surface area (Å²) in [5.41, 5.74) is -0.117. The Morgan fingerprint density at radius 3 is 2.57 bits per heavy atom. The van der Waals surface area contributed by atoms with E-state index < -0.39 is 5.60 Å². The van der Waals surface area contributed by atoms with Crippen molar-refractivity contribution in [1.29, 1.82) is 0 Å². The molecule has 0 aliphatic heterocycles. The van der Waals surface area contributed by atoms with Crippen molar-refractivity contribution in [3.63, 3.8) is 0 Å². The minimum Gasteiger partial charge on any atom is -0.497 e. The molecule has 160 valence electrons. The minimum absolute atomic E-state index is 0.245. The number of nitrogens with one attached hydrogen (secondary N) is 2. The molecule has 0 fully saturated rings. The van der Waals surface area contributed by atoms with E-state index in [9.17, 15) is 5.11 Å². The summed E-state index contributed by atoms with van der Waals surface area (Å²) < 4.78 is 16.2. The third-order valence-corrected chi connectivity index (χ3v) is 4.69. The van der Waals surface area contributed by atoms with Crippen molar-refractivity contribution in [2.24, 2.45) is 4.99 Å². The van der Waals surface area contributed by atoms with Crippen molar-refractivity contribution in [2.45, 2.75) is 32.4 Å². The zero-order chi connectivity index (χ0) is 21.4. The number of hydrogen-bond donors (Lipinski definition) is 3. The van der Waals surface area contributed by atoms with Crippen LogP contribution in [0.5, 0.6) is 5.75 Å². The predicted octanol–water partition coefficient (Wildman–Crippen LogP) is 3.38. The number of benzene rings is 1. The number of aliphatic hydroxyl groups is 1. The smallest absolute Gasteiger partial charge is 0.191 e. The van der Waals surface area contributed by atoms with Gasteiger partial charge in [0, 0.05) is 13.0 Å². The summed E-state index contributed by atoms with van der Waals surface area (Å²) in [7, 11) is 1.64. The van der Waals surface area contributed by atoms with E-state index in [0.29, 0.717) is 24.8 Å². The molecule has 3 aromatic rings. The molecule has 7 nitrogen and oxygen atoms in total. The Morgan fingerprint density at radius 1 is 1.13 bits per heavy atom. The molecule has 0 bridgehead atoms. The first-order chi connectivity index (χ1) is 14.5. The molecule has 0 aliphatic carbocycles. The van der Waals surface area contributed by atoms with Crippen LogP contribution < -0.4 is 15.4 Å². The van der Waals surface area contributed by atoms with E-state index in [1.165, 1.54) is 0 Å². The van der Waals surface area contributed by atoms with Crippen LogP contribution in [-0.4, -0.2) is 31.3 Å². The third kappa shape index (κ3) is 6.15. The number of guanidine groups is 1. The maximum atomic E-state index is 10.8. The summed E-state index contributed by atoms with van der Waals surface area (Å²) >= 11 is 0. The highest BCUT2D eigenvalue weighted by atomic mass is 16.5. The standard InChI is InChI=1S/C23H29N3O4/c1-17-6-11-21(30-17)23(2,27)16-26-22(24-13-12-20-5-4-14-29-20)25-15-18-7-9-19(28-3)10-8-18/h4-11,14,27H,12-13,15-16H2,1-3H3,(H2,24,25,26). The van der Waals surface area contributed by atoms with Crippen molar-refractivity contribution < 1.29 is 18.7 Å². The number of aliphatic imine (C=N–C) groups is 1. The Bertz CT molecular complexity index is 928. The van der Waals surface area contributed by atoms with Gasteiger partial charge < -0.3 is 29.3 Å². The predicted molar refractivity (Wildman–Crippen MR) is 116 cm³/mol. The second-order valence-electron chi connectivity index (χ2n) is 7.31. The van der Waals surface area contributed by atoms with Gasteiger partial charge in [0.05, 0.1) is 26.5 Å². The van der Waals surface area contributed by atoms with Crippen molar-refractivity contribution >= 4 is 5.96 Å². The second-order valence-corrected chi connectivity index (χ2v) is 7.31. The molecule has 0 saturated heterocycles. The van der Waals surface area contributed by atoms with Crippen LogP contribution in [0.2, 0.25) is 0 Å². The molecule has 3 rings (SSSR count). The van der Waals surface area contributed by atoms with Gasteiger partial charge in [-0.1, -0.05) is 12.1 Å². The lowest BCUT2D eigenvalue weighted by molar-refractivity contribution is 0.0378. The Hall–Kier alpha value is -3.19. The van der Waals surface area contributed by atoms with Crippen LogP contribution in [0.15, 0.2) is 68.6 Å². The second kappa shape index (κ2) is 10.0. The van der Waals surface area contributed by atoms with E-state index in [4.69, 9.17) is 13.6 Å². The van der Waals surface area contributed by atoms with Crippen LogP contribution in [0.1, 0.15) is 29.8 Å². The molecular formula is C23H29N3O4. The molecule has 30 heavy (non-hydrogen) atoms. The van der Waals surface area contributed by atoms with Gasteiger partial charge in [0.1, 0.15) is 28.6 Å². The summed E-state index contributed by atoms with van der Waals surface area (Å²) in [5, 5.41) is 17.3. The average molecular weight is 412 g/mol. The Balaban J connectivity index is 1.64. The van der Waals surface area contributed by atoms with Gasteiger partial charge in [-0.25, -0.2) is 4.99 Å². The number of methoxy groups -OCH3 is 1. The monoisotopic (exact) mass is 411 g/mol. The van der Waals surface area contributed by atoms with Crippen LogP contribution in [0, 0.1) is 6.92 Å². The molecule has 0 aliphatic rings. The van der Waals surface area contributed by atoms with Crippen LogP contribution in [0.25, 0.3) is 0 Å². The SMILES string of the molecule is COc1ccc(CN=C(NCCc2ccco2)NCC(C)(O)c2ccc(C)o2)cc1. The number of aryl methyl sites for hydroxylation is 1. The molecule has 0 amide bonds. The largest absolute Gasteiger partial charge is 0.497 e. The normalized spacial score (nSPS) is 13.7. The highest BCUT2D eigenvalue weighted by Gasteiger charge is 2.27. The number of hydrogen-bond acceptors (Lipinski definition) is 5. The molecule has 7 heteroatoms. The minimum atomic E-state index is -1.17. The quantitative estimate of drug-likeness (QED) is 0.369. The molecule has 0 saturated carbocycles. The third-order valence-electron chi connectivity index (χ3n) is 4.69. The fraction of sp³-hybridized carbons (Fsp3) is 0.348. The zero-order valence-corrected chi connectivity index (χ0v) is 17.6. The van der Waals surface area contributed by atoms with Crippen LogP contribution >= 0.6 is 0 Å². The van der Waals surface area contributed by atoms with Crippen molar-refractivity contribution in [3.8, 4) is 5.75 Å². The summed E-state index contributed by atoms with van der Waals surface area (Å²) in [5.74, 6) is 3.58. The number of rotatable bonds is 9. The number of ether oxygens (including phenoxy) is 1. The summed E-state index contributed by atoms with van der Waals surface area (Å²) in [6.07, 6.45) is 2.39. The van der Waals surface area contributed by atoms with Crippen LogP contribution in [0.3, 0.4) is 0 Å². The molecule has 0 radical (unpaired) electrons. The van der Waals surface area contributed by atoms with Gasteiger partial charge in [-0.15, -0.1) is 0 Å². The molecule has 1 aromatic carbocycles. The fourth-order valence-electron chi connectivity index (χ4n) is 2.90. The van der Waals surface area contributed by atoms with Crippen LogP contribution in [0.4, 0.5) is 0 Å². The van der Waals surface area contributed by atoms with Gasteiger partial charge in [-0.05, 0) is 55.8 Å². The maximum Gasteiger partial charge on any atom is 0.191 e. The Morgan fingerprint density at radius 2 is 1.93 bits per heavy atom. The molecule has 0 spiro atoms. The van der Waals surface area contributed by atoms with Gasteiger partial charge in [0.2, 0.25) is 0 Å². The fourth-order valence-corrected chi connectivity index (χ4v) is 2.90. The molecule has 2 heterocycles. The van der Waals surface area contributed by atoms with E-state index in [0.717, 1.165) is 29.3 Å². The Kier molecular flexibility index (Phi) is 7.19. The van der Waals surface area contributed by atoms with Gasteiger partial charge >= 0.3 is 0 Å². The van der Waals surface area contributed by atoms with E-state index in [2.05, 4.69) is 15.6 Å². The first-order valence-corrected chi connectivity index (χ1v) is 9.93. The summed E-state index contributed by atoms with van der Waals surface area (Å²) in [4.78, 5) is 4.65. The lowest BCUT2D eigenvalue weighted by Crippen LogP contribution is -2.45. The molecule has 1 unspecified atom stereocenters. The lowest BCUT2D eigenvalue weighted by Gasteiger charge is -2.23. The molecule has 2 aromatic heterocycles. The zero-order valence-electron chi connectivity index (χ0n) is 17.6. The van der Waals surface area contributed by atoms with Crippen molar-refractivity contribution in [1.82, 2.24) is 10.6 Å². The van der Waals surface area contributed by atoms with Crippen LogP contribution in [-0.2, 0) is 18.6 Å². The van der Waals surface area contributed by atoms with Gasteiger partial charge in [0.25, 0.3) is 0 Å². The topological polar surface area (TPSA) is 92.2 Å². The summed E-state index contributed by atoms with van der Waals surface area (Å²) in [6.45, 7) is 4.94. The van der Waals surface area contributed by atoms with Gasteiger partial charge in [-0.3, -0.25) is 0 Å². The van der Waals surface area contributed by atoms with Gasteiger partial charge in [-0.2, -0.15) is 0 Å². The van der Waals surface area contributed by atoms with Crippen molar-refractivity contribution in [3.05, 3.63) is 77.6 Å². The molecular weight excluding hydrogens is 382 g/mol. The molecule has 3 N–H and O–H groups in total.